The van der Waals surface area contributed by atoms with E-state index in [1.54, 1.807) is 6.07 Å². The van der Waals surface area contributed by atoms with Crippen molar-refractivity contribution in [3.8, 4) is 22.8 Å². The normalized spacial score (nSPS) is 19.6. The molecule has 33 heavy (non-hydrogen) atoms. The third-order valence-electron chi connectivity index (χ3n) is 6.41. The minimum absolute atomic E-state index is 0.109. The van der Waals surface area contributed by atoms with E-state index in [-0.39, 0.29) is 23.6 Å². The number of hydrogen-bond acceptors (Lipinski definition) is 6. The van der Waals surface area contributed by atoms with Gasteiger partial charge >= 0.3 is 0 Å². The minimum atomic E-state index is -0.420. The topological polar surface area (TPSA) is 75.7 Å². The van der Waals surface area contributed by atoms with E-state index in [2.05, 4.69) is 15.5 Å². The molecular weight excluding hydrogens is 423 g/mol. The van der Waals surface area contributed by atoms with Crippen LogP contribution in [0.2, 0.25) is 0 Å². The number of halogens is 1. The Kier molecular flexibility index (Phi) is 5.76. The predicted molar refractivity (Wildman–Crippen MR) is 125 cm³/mol. The Morgan fingerprint density at radius 1 is 1.21 bits per heavy atom. The van der Waals surface area contributed by atoms with Gasteiger partial charge in [-0.05, 0) is 43.4 Å². The molecule has 2 atom stereocenters. The maximum absolute atomic E-state index is 14.6. The average molecular weight is 451 g/mol. The molecule has 0 aliphatic carbocycles. The molecule has 8 heteroatoms. The lowest BCUT2D eigenvalue weighted by atomic mass is 10.1. The largest absolute Gasteiger partial charge is 0.494 e. The van der Waals surface area contributed by atoms with Crippen LogP contribution >= 0.6 is 0 Å². The number of carbonyl (C=O) groups excluding carboxylic acids is 1. The smallest absolute Gasteiger partial charge is 0.220 e. The summed E-state index contributed by atoms with van der Waals surface area (Å²) in [5.41, 5.74) is 3.30. The molecule has 5 rings (SSSR count). The van der Waals surface area contributed by atoms with Crippen molar-refractivity contribution in [2.24, 2.45) is 5.92 Å². The number of carbonyl (C=O) groups is 1. The van der Waals surface area contributed by atoms with E-state index in [9.17, 15) is 9.18 Å². The number of hydrogen-bond donors (Lipinski definition) is 2. The Hall–Kier alpha value is -3.39. The second-order valence-corrected chi connectivity index (χ2v) is 8.55. The maximum Gasteiger partial charge on any atom is 0.220 e. The summed E-state index contributed by atoms with van der Waals surface area (Å²) < 4.78 is 25.5. The predicted octanol–water partition coefficient (Wildman–Crippen LogP) is 2.97. The molecule has 0 saturated carbocycles. The molecular formula is C25H27FN4O3. The molecule has 2 N–H and O–H groups in total. The van der Waals surface area contributed by atoms with Crippen molar-refractivity contribution in [3.05, 3.63) is 48.3 Å². The summed E-state index contributed by atoms with van der Waals surface area (Å²) in [6.45, 7) is 2.80. The van der Waals surface area contributed by atoms with E-state index >= 15 is 0 Å². The minimum Gasteiger partial charge on any atom is -0.494 e. The summed E-state index contributed by atoms with van der Waals surface area (Å²) in [4.78, 5) is 18.8. The summed E-state index contributed by atoms with van der Waals surface area (Å²) in [5, 5.41) is 6.85. The fourth-order valence-corrected chi connectivity index (χ4v) is 4.71. The van der Waals surface area contributed by atoms with Gasteiger partial charge < -0.3 is 25.0 Å². The molecule has 2 saturated heterocycles. The summed E-state index contributed by atoms with van der Waals surface area (Å²) in [6.07, 6.45) is 0.536. The van der Waals surface area contributed by atoms with Crippen LogP contribution in [0.5, 0.6) is 11.5 Å². The number of anilines is 1. The van der Waals surface area contributed by atoms with Gasteiger partial charge in [0.25, 0.3) is 0 Å². The molecule has 7 nitrogen and oxygen atoms in total. The van der Waals surface area contributed by atoms with E-state index in [1.807, 2.05) is 37.4 Å². The Labute approximate surface area is 191 Å². The molecule has 1 amide bonds. The zero-order valence-corrected chi connectivity index (χ0v) is 18.7. The first kappa shape index (κ1) is 21.5. The second-order valence-electron chi connectivity index (χ2n) is 8.55. The highest BCUT2D eigenvalue weighted by Crippen LogP contribution is 2.38. The van der Waals surface area contributed by atoms with Crippen LogP contribution in [0.4, 0.5) is 10.1 Å². The van der Waals surface area contributed by atoms with Crippen molar-refractivity contribution in [2.75, 3.05) is 45.3 Å². The summed E-state index contributed by atoms with van der Waals surface area (Å²) >= 11 is 0. The number of nitrogens with zero attached hydrogens (tertiary/aromatic N) is 2. The lowest BCUT2D eigenvalue weighted by Crippen LogP contribution is -2.32. The van der Waals surface area contributed by atoms with Gasteiger partial charge in [-0.2, -0.15) is 0 Å². The third kappa shape index (κ3) is 4.18. The highest BCUT2D eigenvalue weighted by molar-refractivity contribution is 5.95. The van der Waals surface area contributed by atoms with Crippen LogP contribution in [0.25, 0.3) is 22.2 Å². The highest BCUT2D eigenvalue weighted by Gasteiger charge is 2.40. The van der Waals surface area contributed by atoms with E-state index in [1.165, 1.54) is 13.2 Å². The zero-order valence-electron chi connectivity index (χ0n) is 18.7. The van der Waals surface area contributed by atoms with Gasteiger partial charge in [-0.15, -0.1) is 0 Å². The molecule has 172 valence electrons. The fourth-order valence-electron chi connectivity index (χ4n) is 4.71. The summed E-state index contributed by atoms with van der Waals surface area (Å²) in [6, 6.07) is 13.1. The summed E-state index contributed by atoms with van der Waals surface area (Å²) in [5.74, 6) is 0.911. The fraction of sp³-hybridized carbons (Fsp3) is 0.360. The molecule has 3 heterocycles. The standard InChI is InChI=1S/C25H27FN4O3/c1-27-7-8-33-17-5-3-15(4-6-17)20-11-23(30-13-16-9-25(31)29-22(16)14-30)18-10-19(26)24(32-2)12-21(18)28-20/h3-6,10-12,16,22,27H,7-9,13-14H2,1-2H3,(H,29,31). The van der Waals surface area contributed by atoms with Crippen LogP contribution in [0.1, 0.15) is 6.42 Å². The van der Waals surface area contributed by atoms with Crippen molar-refractivity contribution >= 4 is 22.5 Å². The van der Waals surface area contributed by atoms with Crippen LogP contribution in [0, 0.1) is 11.7 Å². The van der Waals surface area contributed by atoms with Crippen molar-refractivity contribution < 1.29 is 18.7 Å². The highest BCUT2D eigenvalue weighted by atomic mass is 19.1. The molecule has 1 aromatic heterocycles. The van der Waals surface area contributed by atoms with E-state index in [4.69, 9.17) is 14.5 Å². The second kappa shape index (κ2) is 8.86. The Balaban J connectivity index is 1.53. The molecule has 0 radical (unpaired) electrons. The van der Waals surface area contributed by atoms with Crippen LogP contribution in [0.3, 0.4) is 0 Å². The Morgan fingerprint density at radius 2 is 2.03 bits per heavy atom. The van der Waals surface area contributed by atoms with Gasteiger partial charge in [-0.3, -0.25) is 4.79 Å². The van der Waals surface area contributed by atoms with Crippen LogP contribution < -0.4 is 25.0 Å². The van der Waals surface area contributed by atoms with Gasteiger partial charge in [0, 0.05) is 54.7 Å². The molecule has 2 aromatic carbocycles. The molecule has 2 unspecified atom stereocenters. The van der Waals surface area contributed by atoms with Crippen molar-refractivity contribution in [2.45, 2.75) is 12.5 Å². The lowest BCUT2D eigenvalue weighted by Gasteiger charge is -2.23. The molecule has 2 fully saturated rings. The maximum atomic E-state index is 14.6. The monoisotopic (exact) mass is 450 g/mol. The number of nitrogens with one attached hydrogen (secondary N) is 2. The van der Waals surface area contributed by atoms with Gasteiger partial charge in [-0.25, -0.2) is 9.37 Å². The molecule has 2 aliphatic heterocycles. The number of fused-ring (bicyclic) bond motifs is 2. The number of aromatic nitrogens is 1. The molecule has 0 spiro atoms. The third-order valence-corrected chi connectivity index (χ3v) is 6.41. The SMILES string of the molecule is CNCCOc1ccc(-c2cc(N3CC4CC(=O)NC4C3)c3cc(F)c(OC)cc3n2)cc1. The van der Waals surface area contributed by atoms with Crippen LogP contribution in [-0.2, 0) is 4.79 Å². The Bertz CT molecular complexity index is 1170. The zero-order chi connectivity index (χ0) is 22.9. The van der Waals surface area contributed by atoms with Gasteiger partial charge in [0.05, 0.1) is 24.4 Å². The van der Waals surface area contributed by atoms with Gasteiger partial charge in [0.2, 0.25) is 5.91 Å². The lowest BCUT2D eigenvalue weighted by molar-refractivity contribution is -0.119. The first-order chi connectivity index (χ1) is 16.1. The van der Waals surface area contributed by atoms with Crippen LogP contribution in [0.15, 0.2) is 42.5 Å². The summed E-state index contributed by atoms with van der Waals surface area (Å²) in [7, 11) is 3.34. The molecule has 3 aromatic rings. The molecule has 2 aliphatic rings. The number of pyridine rings is 1. The number of rotatable bonds is 7. The first-order valence-electron chi connectivity index (χ1n) is 11.2. The average Bonchev–Trinajstić information content (AvgIpc) is 3.36. The number of likely N-dealkylation sites (N-methyl/N-ethyl adjacent to an activating group) is 1. The quantitative estimate of drug-likeness (QED) is 0.539. The first-order valence-corrected chi connectivity index (χ1v) is 11.2. The van der Waals surface area contributed by atoms with Gasteiger partial charge in [0.15, 0.2) is 11.6 Å². The molecule has 0 bridgehead atoms. The van der Waals surface area contributed by atoms with E-state index in [0.717, 1.165) is 41.2 Å². The Morgan fingerprint density at radius 3 is 2.76 bits per heavy atom. The van der Waals surface area contributed by atoms with Gasteiger partial charge in [0.1, 0.15) is 12.4 Å². The van der Waals surface area contributed by atoms with Crippen molar-refractivity contribution in [1.29, 1.82) is 0 Å². The number of benzene rings is 2. The van der Waals surface area contributed by atoms with Gasteiger partial charge in [-0.1, -0.05) is 0 Å². The van der Waals surface area contributed by atoms with Crippen LogP contribution in [-0.4, -0.2) is 57.3 Å². The van der Waals surface area contributed by atoms with Crippen molar-refractivity contribution in [3.63, 3.8) is 0 Å². The van der Waals surface area contributed by atoms with Crippen molar-refractivity contribution in [1.82, 2.24) is 15.6 Å². The number of methoxy groups -OCH3 is 1. The van der Waals surface area contributed by atoms with E-state index in [0.29, 0.717) is 25.1 Å². The number of amides is 1. The van der Waals surface area contributed by atoms with E-state index < -0.39 is 5.82 Å². The number of ether oxygens (including phenoxy) is 2.